The van der Waals surface area contributed by atoms with E-state index in [-0.39, 0.29) is 43.5 Å². The van der Waals surface area contributed by atoms with Gasteiger partial charge in [-0.15, -0.1) is 6.58 Å². The fraction of sp³-hybridized carbons (Fsp3) is 0.571. The maximum absolute atomic E-state index is 13.6. The van der Waals surface area contributed by atoms with Gasteiger partial charge in [-0.3, -0.25) is 4.90 Å². The molecular weight excluding hydrogens is 660 g/mol. The number of nitrogens with zero attached hydrogens (tertiary/aromatic N) is 2. The first-order chi connectivity index (χ1) is 25.3. The largest absolute Gasteiger partial charge is 0.459 e. The first-order valence-electron chi connectivity index (χ1n) is 19.1. The monoisotopic (exact) mass is 718 g/mol. The second-order valence-corrected chi connectivity index (χ2v) is 14.2. The number of carbonyl (C=O) groups excluding carboxylic acids is 1. The molecule has 10 heteroatoms. The van der Waals surface area contributed by atoms with Crippen LogP contribution in [-0.4, -0.2) is 78.8 Å². The Kier molecular flexibility index (Phi) is 13.8. The van der Waals surface area contributed by atoms with Crippen LogP contribution in [0.4, 0.5) is 4.79 Å². The molecule has 3 aliphatic rings. The van der Waals surface area contributed by atoms with Crippen LogP contribution in [0.2, 0.25) is 0 Å². The SMILES string of the molecule is C=CCOC12Oc3ccc(Oc4ccc(C)c(C)c4)cc3C3C(CCCCO)C(CCCCO)C=C(C(=NOCC)CC1N(CCC)C(=O)OC)C32. The van der Waals surface area contributed by atoms with Gasteiger partial charge >= 0.3 is 6.09 Å². The Balaban J connectivity index is 1.77. The summed E-state index contributed by atoms with van der Waals surface area (Å²) in [6.45, 7) is 13.4. The fourth-order valence-corrected chi connectivity index (χ4v) is 8.50. The first kappa shape index (κ1) is 39.3. The topological polar surface area (TPSA) is 119 Å². The number of aryl methyl sites for hydroxylation is 2. The van der Waals surface area contributed by atoms with E-state index in [4.69, 9.17) is 28.9 Å². The van der Waals surface area contributed by atoms with E-state index < -0.39 is 17.9 Å². The van der Waals surface area contributed by atoms with Gasteiger partial charge in [-0.1, -0.05) is 43.1 Å². The zero-order valence-electron chi connectivity index (χ0n) is 31.6. The summed E-state index contributed by atoms with van der Waals surface area (Å²) >= 11 is 0. The van der Waals surface area contributed by atoms with Gasteiger partial charge in [0.05, 0.1) is 25.3 Å². The normalized spacial score (nSPS) is 25.3. The number of aliphatic hydroxyl groups is 2. The highest BCUT2D eigenvalue weighted by molar-refractivity contribution is 6.02. The lowest BCUT2D eigenvalue weighted by atomic mass is 9.55. The molecule has 284 valence electrons. The van der Waals surface area contributed by atoms with E-state index in [1.807, 2.05) is 38.1 Å². The van der Waals surface area contributed by atoms with Gasteiger partial charge < -0.3 is 34.0 Å². The molecule has 0 aromatic heterocycles. The smallest absolute Gasteiger partial charge is 0.409 e. The average molecular weight is 719 g/mol. The summed E-state index contributed by atoms with van der Waals surface area (Å²) in [5.41, 5.74) is 5.12. The van der Waals surface area contributed by atoms with Gasteiger partial charge in [0.25, 0.3) is 0 Å². The van der Waals surface area contributed by atoms with Crippen molar-refractivity contribution in [2.45, 2.75) is 96.8 Å². The number of hydrogen-bond donors (Lipinski definition) is 2. The number of allylic oxidation sites excluding steroid dienone is 1. The van der Waals surface area contributed by atoms with Crippen LogP contribution in [0.1, 0.15) is 87.8 Å². The summed E-state index contributed by atoms with van der Waals surface area (Å²) in [7, 11) is 1.40. The van der Waals surface area contributed by atoms with Gasteiger partial charge in [-0.2, -0.15) is 0 Å². The van der Waals surface area contributed by atoms with Crippen LogP contribution >= 0.6 is 0 Å². The van der Waals surface area contributed by atoms with Gasteiger partial charge in [-0.25, -0.2) is 4.79 Å². The number of amides is 1. The molecule has 0 saturated heterocycles. The molecule has 2 aliphatic carbocycles. The molecule has 0 spiro atoms. The highest BCUT2D eigenvalue weighted by Gasteiger charge is 2.65. The van der Waals surface area contributed by atoms with Crippen LogP contribution in [0.25, 0.3) is 0 Å². The molecule has 1 heterocycles. The molecule has 1 saturated carbocycles. The third-order valence-corrected chi connectivity index (χ3v) is 10.9. The summed E-state index contributed by atoms with van der Waals surface area (Å²) in [6, 6.07) is 11.5. The number of oxime groups is 1. The summed E-state index contributed by atoms with van der Waals surface area (Å²) in [6.07, 6.45) is 9.47. The van der Waals surface area contributed by atoms with Crippen molar-refractivity contribution in [2.24, 2.45) is 22.9 Å². The number of fused-ring (bicyclic) bond motifs is 2. The Hall–Kier alpha value is -3.86. The first-order valence-corrected chi connectivity index (χ1v) is 19.1. The molecule has 0 bridgehead atoms. The number of carbonyl (C=O) groups is 1. The average Bonchev–Trinajstić information content (AvgIpc) is 3.15. The minimum atomic E-state index is -1.31. The predicted molar refractivity (Wildman–Crippen MR) is 202 cm³/mol. The van der Waals surface area contributed by atoms with Crippen LogP contribution in [0.15, 0.2) is 65.9 Å². The molecule has 1 fully saturated rings. The second-order valence-electron chi connectivity index (χ2n) is 14.2. The van der Waals surface area contributed by atoms with E-state index in [0.29, 0.717) is 50.3 Å². The van der Waals surface area contributed by atoms with E-state index >= 15 is 0 Å². The zero-order chi connectivity index (χ0) is 37.3. The van der Waals surface area contributed by atoms with E-state index in [9.17, 15) is 15.0 Å². The molecule has 0 radical (unpaired) electrons. The summed E-state index contributed by atoms with van der Waals surface area (Å²) in [4.78, 5) is 21.1. The lowest BCUT2D eigenvalue weighted by Crippen LogP contribution is -2.70. The Labute approximate surface area is 309 Å². The number of rotatable bonds is 18. The highest BCUT2D eigenvalue weighted by Crippen LogP contribution is 2.62. The minimum absolute atomic E-state index is 0.120. The third kappa shape index (κ3) is 8.19. The fourth-order valence-electron chi connectivity index (χ4n) is 8.50. The van der Waals surface area contributed by atoms with Crippen molar-refractivity contribution in [3.63, 3.8) is 0 Å². The summed E-state index contributed by atoms with van der Waals surface area (Å²) < 4.78 is 26.0. The van der Waals surface area contributed by atoms with Crippen LogP contribution in [-0.2, 0) is 14.3 Å². The van der Waals surface area contributed by atoms with Gasteiger partial charge in [0, 0.05) is 37.7 Å². The van der Waals surface area contributed by atoms with E-state index in [1.165, 1.54) is 12.7 Å². The molecule has 2 aromatic carbocycles. The number of aliphatic hydroxyl groups excluding tert-OH is 2. The van der Waals surface area contributed by atoms with E-state index in [1.54, 1.807) is 11.0 Å². The molecule has 2 aromatic rings. The van der Waals surface area contributed by atoms with Gasteiger partial charge in [-0.05, 0) is 112 Å². The Morgan fingerprint density at radius 2 is 1.77 bits per heavy atom. The maximum Gasteiger partial charge on any atom is 0.409 e. The molecule has 2 N–H and O–H groups in total. The van der Waals surface area contributed by atoms with Crippen molar-refractivity contribution in [2.75, 3.05) is 40.1 Å². The highest BCUT2D eigenvalue weighted by atomic mass is 16.7. The molecule has 1 amide bonds. The lowest BCUT2D eigenvalue weighted by molar-refractivity contribution is -0.255. The van der Waals surface area contributed by atoms with Crippen LogP contribution in [0.3, 0.4) is 0 Å². The standard InChI is InChI=1S/C42H58N2O8/c1-7-20-44(41(47)48-6)38-27-36(43-50-9-3)34-25-30(14-10-12-21-45)33(15-11-13-22-46)39-35-26-32(51-31-17-16-28(4)29(5)24-31)18-19-37(35)52-42(38,40(34)39)49-23-8-2/h8,16-19,24-26,30,33,38-40,45-46H,2,7,9-15,20-23,27H2,1,3-6H3. The van der Waals surface area contributed by atoms with Gasteiger partial charge in [0.1, 0.15) is 29.9 Å². The molecular formula is C42H58N2O8. The Morgan fingerprint density at radius 3 is 2.44 bits per heavy atom. The van der Waals surface area contributed by atoms with Crippen molar-refractivity contribution < 1.29 is 38.8 Å². The van der Waals surface area contributed by atoms with Crippen LogP contribution in [0.5, 0.6) is 17.2 Å². The van der Waals surface area contributed by atoms with E-state index in [2.05, 4.69) is 38.6 Å². The van der Waals surface area contributed by atoms with Gasteiger partial charge in [0.15, 0.2) is 0 Å². The van der Waals surface area contributed by atoms with Crippen molar-refractivity contribution in [1.29, 1.82) is 0 Å². The van der Waals surface area contributed by atoms with Crippen molar-refractivity contribution in [1.82, 2.24) is 4.90 Å². The Morgan fingerprint density at radius 1 is 1.04 bits per heavy atom. The molecule has 52 heavy (non-hydrogen) atoms. The Bertz CT molecular complexity index is 1590. The number of unbranched alkanes of at least 4 members (excludes halogenated alkanes) is 2. The minimum Gasteiger partial charge on any atom is -0.459 e. The van der Waals surface area contributed by atoms with Crippen molar-refractivity contribution in [3.8, 4) is 17.2 Å². The zero-order valence-corrected chi connectivity index (χ0v) is 31.6. The second kappa shape index (κ2) is 18.3. The van der Waals surface area contributed by atoms with E-state index in [0.717, 1.165) is 53.8 Å². The number of ether oxygens (including phenoxy) is 4. The van der Waals surface area contributed by atoms with Crippen LogP contribution in [0, 0.1) is 31.6 Å². The number of methoxy groups -OCH3 is 1. The lowest BCUT2D eigenvalue weighted by Gasteiger charge is -2.59. The molecule has 6 atom stereocenters. The molecule has 1 aliphatic heterocycles. The van der Waals surface area contributed by atoms with Crippen molar-refractivity contribution in [3.05, 3.63) is 77.4 Å². The molecule has 5 rings (SSSR count). The maximum atomic E-state index is 13.6. The predicted octanol–water partition coefficient (Wildman–Crippen LogP) is 8.23. The quantitative estimate of drug-likeness (QED) is 0.0899. The third-order valence-electron chi connectivity index (χ3n) is 10.9. The van der Waals surface area contributed by atoms with Gasteiger partial charge in [0.2, 0.25) is 5.79 Å². The van der Waals surface area contributed by atoms with Crippen LogP contribution < -0.4 is 9.47 Å². The summed E-state index contributed by atoms with van der Waals surface area (Å²) in [5.74, 6) is 0.568. The van der Waals surface area contributed by atoms with Crippen molar-refractivity contribution >= 4 is 11.8 Å². The molecule has 10 nitrogen and oxygen atoms in total. The molecule has 6 unspecified atom stereocenters. The number of benzene rings is 2. The summed E-state index contributed by atoms with van der Waals surface area (Å²) in [5, 5.41) is 24.3. The number of hydrogen-bond acceptors (Lipinski definition) is 9.